The van der Waals surface area contributed by atoms with Crippen LogP contribution in [0.3, 0.4) is 0 Å². The lowest BCUT2D eigenvalue weighted by Gasteiger charge is -2.07. The smallest absolute Gasteiger partial charge is 0.311 e. The van der Waals surface area contributed by atoms with Crippen molar-refractivity contribution in [3.63, 3.8) is 0 Å². The van der Waals surface area contributed by atoms with Crippen LogP contribution in [0.5, 0.6) is 5.75 Å². The summed E-state index contributed by atoms with van der Waals surface area (Å²) in [5.41, 5.74) is 6.88. The van der Waals surface area contributed by atoms with Crippen molar-refractivity contribution >= 4 is 11.4 Å². The van der Waals surface area contributed by atoms with Gasteiger partial charge in [0.05, 0.1) is 29.4 Å². The van der Waals surface area contributed by atoms with Crippen molar-refractivity contribution in [2.75, 3.05) is 7.11 Å². The predicted molar refractivity (Wildman–Crippen MR) is 71.3 cm³/mol. The Morgan fingerprint density at radius 1 is 1.58 bits per heavy atom. The first-order chi connectivity index (χ1) is 9.04. The fourth-order valence-corrected chi connectivity index (χ4v) is 1.68. The number of ether oxygens (including phenoxy) is 1. The molecule has 0 spiro atoms. The highest BCUT2D eigenvalue weighted by Gasteiger charge is 2.17. The fourth-order valence-electron chi connectivity index (χ4n) is 1.68. The molecule has 1 aromatic carbocycles. The molecule has 0 unspecified atom stereocenters. The van der Waals surface area contributed by atoms with Crippen LogP contribution in [0.25, 0.3) is 5.70 Å². The second kappa shape index (κ2) is 6.40. The lowest BCUT2D eigenvalue weighted by Crippen LogP contribution is -2.03. The van der Waals surface area contributed by atoms with E-state index in [9.17, 15) is 10.1 Å². The van der Waals surface area contributed by atoms with Crippen LogP contribution in [0.2, 0.25) is 0 Å². The maximum absolute atomic E-state index is 10.9. The normalized spacial score (nSPS) is 11.4. The van der Waals surface area contributed by atoms with Crippen LogP contribution in [-0.2, 0) is 0 Å². The highest BCUT2D eigenvalue weighted by molar-refractivity contribution is 5.72. The van der Waals surface area contributed by atoms with Gasteiger partial charge in [0.2, 0.25) is 0 Å². The molecule has 0 saturated carbocycles. The zero-order valence-corrected chi connectivity index (χ0v) is 10.8. The van der Waals surface area contributed by atoms with E-state index in [-0.39, 0.29) is 17.1 Å². The van der Waals surface area contributed by atoms with E-state index in [1.807, 2.05) is 13.0 Å². The van der Waals surface area contributed by atoms with E-state index >= 15 is 0 Å². The number of rotatable bonds is 5. The highest BCUT2D eigenvalue weighted by atomic mass is 16.6. The minimum absolute atomic E-state index is 0.163. The first kappa shape index (κ1) is 14.5. The van der Waals surface area contributed by atoms with Gasteiger partial charge in [0.15, 0.2) is 5.75 Å². The van der Waals surface area contributed by atoms with Crippen molar-refractivity contribution in [2.45, 2.75) is 19.8 Å². The minimum Gasteiger partial charge on any atom is -0.490 e. The molecular formula is C13H15N3O3. The summed E-state index contributed by atoms with van der Waals surface area (Å²) < 4.78 is 4.91. The molecule has 0 atom stereocenters. The van der Waals surface area contributed by atoms with E-state index < -0.39 is 4.92 Å². The summed E-state index contributed by atoms with van der Waals surface area (Å²) in [5, 5.41) is 19.9. The first-order valence-corrected chi connectivity index (χ1v) is 5.76. The molecule has 0 amide bonds. The van der Waals surface area contributed by atoms with Gasteiger partial charge >= 0.3 is 5.69 Å². The second-order valence-corrected chi connectivity index (χ2v) is 3.90. The van der Waals surface area contributed by atoms with E-state index in [1.54, 1.807) is 6.07 Å². The van der Waals surface area contributed by atoms with Crippen LogP contribution in [0, 0.1) is 21.4 Å². The lowest BCUT2D eigenvalue weighted by molar-refractivity contribution is -0.385. The van der Waals surface area contributed by atoms with Gasteiger partial charge in [0.25, 0.3) is 0 Å². The lowest BCUT2D eigenvalue weighted by atomic mass is 10.0. The molecule has 19 heavy (non-hydrogen) atoms. The second-order valence-electron chi connectivity index (χ2n) is 3.90. The zero-order chi connectivity index (χ0) is 14.4. The van der Waals surface area contributed by atoms with E-state index in [0.29, 0.717) is 17.6 Å². The van der Waals surface area contributed by atoms with Gasteiger partial charge < -0.3 is 10.5 Å². The van der Waals surface area contributed by atoms with Crippen LogP contribution in [0.4, 0.5) is 5.69 Å². The molecule has 1 aromatic rings. The molecule has 0 radical (unpaired) electrons. The molecule has 0 bridgehead atoms. The summed E-state index contributed by atoms with van der Waals surface area (Å²) in [6, 6.07) is 6.43. The van der Waals surface area contributed by atoms with Gasteiger partial charge in [0, 0.05) is 11.6 Å². The largest absolute Gasteiger partial charge is 0.490 e. The van der Waals surface area contributed by atoms with Crippen molar-refractivity contribution < 1.29 is 9.66 Å². The van der Waals surface area contributed by atoms with E-state index in [2.05, 4.69) is 0 Å². The average molecular weight is 261 g/mol. The number of nitriles is 1. The number of benzene rings is 1. The van der Waals surface area contributed by atoms with Crippen molar-refractivity contribution in [3.8, 4) is 11.8 Å². The number of nitrogens with zero attached hydrogens (tertiary/aromatic N) is 2. The van der Waals surface area contributed by atoms with Crippen LogP contribution in [0.15, 0.2) is 23.8 Å². The van der Waals surface area contributed by atoms with Gasteiger partial charge in [-0.1, -0.05) is 13.3 Å². The number of hydrogen-bond acceptors (Lipinski definition) is 5. The third-order valence-corrected chi connectivity index (χ3v) is 2.65. The van der Waals surface area contributed by atoms with E-state index in [1.165, 1.54) is 19.2 Å². The monoisotopic (exact) mass is 261 g/mol. The Hall–Kier alpha value is -2.55. The molecule has 6 heteroatoms. The molecule has 6 nitrogen and oxygen atoms in total. The quantitative estimate of drug-likeness (QED) is 0.498. The van der Waals surface area contributed by atoms with Crippen molar-refractivity contribution in [1.29, 1.82) is 5.26 Å². The molecular weight excluding hydrogens is 246 g/mol. The molecule has 0 aliphatic carbocycles. The van der Waals surface area contributed by atoms with E-state index in [4.69, 9.17) is 15.7 Å². The molecule has 0 aromatic heterocycles. The van der Waals surface area contributed by atoms with Crippen molar-refractivity contribution in [3.05, 3.63) is 39.4 Å². The van der Waals surface area contributed by atoms with Gasteiger partial charge in [-0.3, -0.25) is 10.1 Å². The van der Waals surface area contributed by atoms with Gasteiger partial charge in [-0.05, 0) is 18.6 Å². The fraction of sp³-hybridized carbons (Fsp3) is 0.308. The summed E-state index contributed by atoms with van der Waals surface area (Å²) >= 11 is 0. The van der Waals surface area contributed by atoms with Crippen molar-refractivity contribution in [1.82, 2.24) is 0 Å². The number of nitro benzene ring substituents is 1. The van der Waals surface area contributed by atoms with Crippen molar-refractivity contribution in [2.24, 2.45) is 5.73 Å². The molecule has 0 aliphatic heterocycles. The Morgan fingerprint density at radius 2 is 2.26 bits per heavy atom. The molecule has 2 N–H and O–H groups in total. The first-order valence-electron chi connectivity index (χ1n) is 5.76. The zero-order valence-electron chi connectivity index (χ0n) is 10.8. The van der Waals surface area contributed by atoms with Gasteiger partial charge in [-0.25, -0.2) is 0 Å². The Morgan fingerprint density at radius 3 is 2.74 bits per heavy atom. The number of methoxy groups -OCH3 is 1. The molecule has 0 fully saturated rings. The molecule has 100 valence electrons. The number of allylic oxidation sites excluding steroid dienone is 1. The Bertz CT molecular complexity index is 559. The Balaban J connectivity index is 3.33. The third-order valence-electron chi connectivity index (χ3n) is 2.65. The predicted octanol–water partition coefficient (Wildman–Crippen LogP) is 2.60. The standard InChI is InChI=1S/C13H15N3O3/c1-3-4-10(8-14)13(15)9-5-6-12(19-2)11(7-9)16(17)18/h5-7H,3-4,15H2,1-2H3/b13-10-. The summed E-state index contributed by atoms with van der Waals surface area (Å²) in [7, 11) is 1.36. The SMILES string of the molecule is CCC/C(C#N)=C(/N)c1ccc(OC)c([N+](=O)[O-])c1. The summed E-state index contributed by atoms with van der Waals surface area (Å²) in [4.78, 5) is 10.4. The Labute approximate surface area is 111 Å². The number of hydrogen-bond donors (Lipinski definition) is 1. The van der Waals surface area contributed by atoms with Crippen LogP contribution in [-0.4, -0.2) is 12.0 Å². The van der Waals surface area contributed by atoms with Gasteiger partial charge in [0.1, 0.15) is 0 Å². The molecule has 0 aliphatic rings. The highest BCUT2D eigenvalue weighted by Crippen LogP contribution is 2.30. The molecule has 0 heterocycles. The molecule has 1 rings (SSSR count). The van der Waals surface area contributed by atoms with Gasteiger partial charge in [-0.15, -0.1) is 0 Å². The number of nitrogens with two attached hydrogens (primary N) is 1. The topological polar surface area (TPSA) is 102 Å². The van der Waals surface area contributed by atoms with Crippen LogP contribution >= 0.6 is 0 Å². The summed E-state index contributed by atoms with van der Waals surface area (Å²) in [5.74, 6) is 0.163. The van der Waals surface area contributed by atoms with Crippen LogP contribution < -0.4 is 10.5 Å². The number of nitro groups is 1. The third kappa shape index (κ3) is 3.22. The van der Waals surface area contributed by atoms with Gasteiger partial charge in [-0.2, -0.15) is 5.26 Å². The average Bonchev–Trinajstić information content (AvgIpc) is 2.43. The minimum atomic E-state index is -0.540. The molecule has 0 saturated heterocycles. The maximum Gasteiger partial charge on any atom is 0.311 e. The van der Waals surface area contributed by atoms with E-state index in [0.717, 1.165) is 6.42 Å². The van der Waals surface area contributed by atoms with Crippen LogP contribution in [0.1, 0.15) is 25.3 Å². The Kier molecular flexibility index (Phi) is 4.89. The summed E-state index contributed by atoms with van der Waals surface area (Å²) in [6.45, 7) is 1.93. The summed E-state index contributed by atoms with van der Waals surface area (Å²) in [6.07, 6.45) is 1.32. The maximum atomic E-state index is 10.9.